The first-order valence-electron chi connectivity index (χ1n) is 7.31. The second-order valence-corrected chi connectivity index (χ2v) is 7.17. The van der Waals surface area contributed by atoms with Crippen LogP contribution < -0.4 is 14.8 Å². The van der Waals surface area contributed by atoms with Gasteiger partial charge >= 0.3 is 0 Å². The zero-order valence-electron chi connectivity index (χ0n) is 13.7. The van der Waals surface area contributed by atoms with Gasteiger partial charge in [0.15, 0.2) is 0 Å². The van der Waals surface area contributed by atoms with Crippen molar-refractivity contribution in [2.45, 2.75) is 13.0 Å². The number of benzene rings is 2. The minimum Gasteiger partial charge on any atom is -0.497 e. The lowest BCUT2D eigenvalue weighted by molar-refractivity contribution is 0.0940. The van der Waals surface area contributed by atoms with Crippen molar-refractivity contribution in [1.82, 2.24) is 5.32 Å². The number of sulfonamides is 1. The number of methoxy groups -OCH3 is 1. The molecule has 0 fully saturated rings. The fraction of sp³-hybridized carbons (Fsp3) is 0.235. The van der Waals surface area contributed by atoms with Crippen LogP contribution in [0.5, 0.6) is 5.75 Å². The lowest BCUT2D eigenvalue weighted by Crippen LogP contribution is -2.26. The molecule has 0 aromatic heterocycles. The molecular formula is C17H20N2O4S. The highest BCUT2D eigenvalue weighted by atomic mass is 32.2. The molecule has 0 spiro atoms. The third-order valence-corrected chi connectivity index (χ3v) is 4.00. The average molecular weight is 348 g/mol. The third-order valence-electron chi connectivity index (χ3n) is 3.39. The van der Waals surface area contributed by atoms with E-state index in [4.69, 9.17) is 4.74 Å². The number of amides is 1. The second kappa shape index (κ2) is 7.35. The minimum absolute atomic E-state index is 0.216. The van der Waals surface area contributed by atoms with Crippen LogP contribution in [-0.2, 0) is 10.0 Å². The lowest BCUT2D eigenvalue weighted by atomic mass is 10.1. The quantitative estimate of drug-likeness (QED) is 0.840. The summed E-state index contributed by atoms with van der Waals surface area (Å²) in [5.41, 5.74) is 1.78. The van der Waals surface area contributed by atoms with Gasteiger partial charge in [0.2, 0.25) is 10.0 Å². The summed E-state index contributed by atoms with van der Waals surface area (Å²) in [6.45, 7) is 1.83. The highest BCUT2D eigenvalue weighted by Gasteiger charge is 2.12. The first-order chi connectivity index (χ1) is 11.3. The van der Waals surface area contributed by atoms with E-state index in [2.05, 4.69) is 10.0 Å². The summed E-state index contributed by atoms with van der Waals surface area (Å²) >= 11 is 0. The van der Waals surface area contributed by atoms with Crippen molar-refractivity contribution in [2.24, 2.45) is 0 Å². The number of hydrogen-bond acceptors (Lipinski definition) is 4. The summed E-state index contributed by atoms with van der Waals surface area (Å²) in [5, 5.41) is 2.88. The Hall–Kier alpha value is -2.54. The zero-order chi connectivity index (χ0) is 17.7. The molecule has 0 bridgehead atoms. The van der Waals surface area contributed by atoms with Crippen LogP contribution in [0.25, 0.3) is 0 Å². The molecule has 7 heteroatoms. The molecule has 0 saturated carbocycles. The van der Waals surface area contributed by atoms with Crippen LogP contribution in [0.2, 0.25) is 0 Å². The maximum atomic E-state index is 12.3. The maximum absolute atomic E-state index is 12.3. The van der Waals surface area contributed by atoms with Crippen molar-refractivity contribution in [1.29, 1.82) is 0 Å². The van der Waals surface area contributed by atoms with Crippen molar-refractivity contribution in [3.8, 4) is 5.75 Å². The lowest BCUT2D eigenvalue weighted by Gasteiger charge is -2.16. The largest absolute Gasteiger partial charge is 0.497 e. The molecule has 0 saturated heterocycles. The Kier molecular flexibility index (Phi) is 5.46. The van der Waals surface area contributed by atoms with E-state index in [1.54, 1.807) is 49.6 Å². The first-order valence-corrected chi connectivity index (χ1v) is 9.20. The molecule has 1 amide bonds. The van der Waals surface area contributed by atoms with Crippen LogP contribution in [0.1, 0.15) is 28.9 Å². The van der Waals surface area contributed by atoms with Gasteiger partial charge in [0.05, 0.1) is 19.4 Å². The topological polar surface area (TPSA) is 84.5 Å². The van der Waals surface area contributed by atoms with Gasteiger partial charge < -0.3 is 10.1 Å². The Morgan fingerprint density at radius 1 is 1.12 bits per heavy atom. The molecule has 0 heterocycles. The molecular weight excluding hydrogens is 328 g/mol. The van der Waals surface area contributed by atoms with Crippen molar-refractivity contribution in [3.63, 3.8) is 0 Å². The Morgan fingerprint density at radius 3 is 2.38 bits per heavy atom. The van der Waals surface area contributed by atoms with E-state index in [9.17, 15) is 13.2 Å². The number of ether oxygens (including phenoxy) is 1. The molecule has 0 aliphatic rings. The number of carbonyl (C=O) groups excluding carboxylic acids is 1. The molecule has 1 unspecified atom stereocenters. The summed E-state index contributed by atoms with van der Waals surface area (Å²) in [6.07, 6.45) is 1.09. The Bertz CT molecular complexity index is 817. The Morgan fingerprint density at radius 2 is 1.79 bits per heavy atom. The van der Waals surface area contributed by atoms with Crippen molar-refractivity contribution < 1.29 is 17.9 Å². The maximum Gasteiger partial charge on any atom is 0.251 e. The van der Waals surface area contributed by atoms with Crippen molar-refractivity contribution >= 4 is 21.6 Å². The smallest absolute Gasteiger partial charge is 0.251 e. The molecule has 24 heavy (non-hydrogen) atoms. The first kappa shape index (κ1) is 17.8. The SMILES string of the molecule is COc1ccc(C(=O)NC(C)c2cccc(NS(C)(=O)=O)c2)cc1. The van der Waals surface area contributed by atoms with Gasteiger partial charge in [-0.25, -0.2) is 8.42 Å². The highest BCUT2D eigenvalue weighted by molar-refractivity contribution is 7.92. The number of hydrogen-bond donors (Lipinski definition) is 2. The van der Waals surface area contributed by atoms with Crippen LogP contribution in [0, 0.1) is 0 Å². The average Bonchev–Trinajstić information content (AvgIpc) is 2.53. The predicted molar refractivity (Wildman–Crippen MR) is 93.8 cm³/mol. The van der Waals surface area contributed by atoms with Gasteiger partial charge in [-0.15, -0.1) is 0 Å². The predicted octanol–water partition coefficient (Wildman–Crippen LogP) is 2.56. The van der Waals surface area contributed by atoms with Gasteiger partial charge in [-0.3, -0.25) is 9.52 Å². The van der Waals surface area contributed by atoms with E-state index >= 15 is 0 Å². The van der Waals surface area contributed by atoms with E-state index in [1.807, 2.05) is 13.0 Å². The van der Waals surface area contributed by atoms with Gasteiger partial charge in [-0.1, -0.05) is 12.1 Å². The standard InChI is InChI=1S/C17H20N2O4S/c1-12(14-5-4-6-15(11-14)19-24(3,21)22)18-17(20)13-7-9-16(23-2)10-8-13/h4-12,19H,1-3H3,(H,18,20). The molecule has 2 aromatic rings. The van der Waals surface area contributed by atoms with E-state index < -0.39 is 10.0 Å². The van der Waals surface area contributed by atoms with E-state index in [0.29, 0.717) is 17.0 Å². The number of carbonyl (C=O) groups is 1. The molecule has 0 aliphatic carbocycles. The van der Waals surface area contributed by atoms with Crippen LogP contribution in [0.4, 0.5) is 5.69 Å². The van der Waals surface area contributed by atoms with Gasteiger partial charge in [0.1, 0.15) is 5.75 Å². The summed E-state index contributed by atoms with van der Waals surface area (Å²) < 4.78 is 30.1. The molecule has 2 rings (SSSR count). The van der Waals surface area contributed by atoms with E-state index in [1.165, 1.54) is 0 Å². The van der Waals surface area contributed by atoms with E-state index in [-0.39, 0.29) is 11.9 Å². The Labute approximate surface area is 141 Å². The highest BCUT2D eigenvalue weighted by Crippen LogP contribution is 2.19. The molecule has 2 N–H and O–H groups in total. The van der Waals surface area contributed by atoms with E-state index in [0.717, 1.165) is 11.8 Å². The fourth-order valence-electron chi connectivity index (χ4n) is 2.19. The fourth-order valence-corrected chi connectivity index (χ4v) is 2.75. The van der Waals surface area contributed by atoms with Gasteiger partial charge in [-0.05, 0) is 48.9 Å². The summed E-state index contributed by atoms with van der Waals surface area (Å²) in [4.78, 5) is 12.3. The molecule has 6 nitrogen and oxygen atoms in total. The Balaban J connectivity index is 2.09. The summed E-state index contributed by atoms with van der Waals surface area (Å²) in [5.74, 6) is 0.464. The van der Waals surface area contributed by atoms with Crippen LogP contribution in [0.15, 0.2) is 48.5 Å². The van der Waals surface area contributed by atoms with Crippen LogP contribution in [-0.4, -0.2) is 27.7 Å². The number of nitrogens with one attached hydrogen (secondary N) is 2. The van der Waals surface area contributed by atoms with Crippen molar-refractivity contribution in [2.75, 3.05) is 18.1 Å². The van der Waals surface area contributed by atoms with Crippen LogP contribution in [0.3, 0.4) is 0 Å². The zero-order valence-corrected chi connectivity index (χ0v) is 14.6. The normalized spacial score (nSPS) is 12.3. The van der Waals surface area contributed by atoms with Gasteiger partial charge in [-0.2, -0.15) is 0 Å². The van der Waals surface area contributed by atoms with Crippen molar-refractivity contribution in [3.05, 3.63) is 59.7 Å². The molecule has 1 atom stereocenters. The minimum atomic E-state index is -3.34. The summed E-state index contributed by atoms with van der Waals surface area (Å²) in [6, 6.07) is 13.4. The number of anilines is 1. The van der Waals surface area contributed by atoms with Crippen LogP contribution >= 0.6 is 0 Å². The summed E-state index contributed by atoms with van der Waals surface area (Å²) in [7, 11) is -1.78. The van der Waals surface area contributed by atoms with Gasteiger partial charge in [0, 0.05) is 11.3 Å². The molecule has 128 valence electrons. The second-order valence-electron chi connectivity index (χ2n) is 5.42. The molecule has 2 aromatic carbocycles. The third kappa shape index (κ3) is 4.99. The van der Waals surface area contributed by atoms with Gasteiger partial charge in [0.25, 0.3) is 5.91 Å². The number of rotatable bonds is 6. The monoisotopic (exact) mass is 348 g/mol. The molecule has 0 aliphatic heterocycles. The molecule has 0 radical (unpaired) electrons.